The number of pyridine rings is 1. The van der Waals surface area contributed by atoms with Gasteiger partial charge in [-0.2, -0.15) is 53.6 Å². The Morgan fingerprint density at radius 2 is 1.16 bits per heavy atom. The molecule has 0 radical (unpaired) electrons. The molecule has 1 fully saturated rings. The van der Waals surface area contributed by atoms with Crippen LogP contribution in [0.5, 0.6) is 0 Å². The summed E-state index contributed by atoms with van der Waals surface area (Å²) >= 11 is 0. The molecule has 68 heavy (non-hydrogen) atoms. The van der Waals surface area contributed by atoms with E-state index < -0.39 is 23.6 Å². The first-order chi connectivity index (χ1) is 34.5. The van der Waals surface area contributed by atoms with Crippen LogP contribution in [0.2, 0.25) is 0 Å². The number of anilines is 4. The number of benzene rings is 8. The number of aromatic nitrogens is 2. The summed E-state index contributed by atoms with van der Waals surface area (Å²) in [5.41, 5.74) is 11.5. The van der Waals surface area contributed by atoms with Crippen molar-refractivity contribution in [3.8, 4) is 28.1 Å². The summed E-state index contributed by atoms with van der Waals surface area (Å²) < 4.78 is 40.4. The quantitative estimate of drug-likeness (QED) is 0.135. The van der Waals surface area contributed by atoms with Crippen LogP contribution >= 0.6 is 0 Å². The van der Waals surface area contributed by atoms with Gasteiger partial charge < -0.3 is 14.4 Å². The molecule has 0 atom stereocenters. The third-order valence-corrected chi connectivity index (χ3v) is 13.8. The fourth-order valence-electron chi connectivity index (χ4n) is 10.3. The minimum atomic E-state index is -1.88. The summed E-state index contributed by atoms with van der Waals surface area (Å²) in [6.07, 6.45) is -1.09. The van der Waals surface area contributed by atoms with Crippen molar-refractivity contribution in [1.29, 1.82) is 0 Å². The van der Waals surface area contributed by atoms with Gasteiger partial charge in [0.25, 0.3) is 0 Å². The van der Waals surface area contributed by atoms with E-state index in [4.69, 9.17) is 4.98 Å². The van der Waals surface area contributed by atoms with Crippen molar-refractivity contribution in [1.82, 2.24) is 9.55 Å². The fraction of sp³-hybridized carbons (Fsp3) is 0.143. The maximum atomic E-state index is 9.57. The Labute approximate surface area is 420 Å². The Kier molecular flexibility index (Phi) is 10.3. The molecule has 0 saturated heterocycles. The second-order valence-electron chi connectivity index (χ2n) is 18.1. The molecule has 0 amide bonds. The van der Waals surface area contributed by atoms with E-state index in [1.165, 1.54) is 0 Å². The monoisotopic (exact) mass is 1060 g/mol. The zero-order valence-electron chi connectivity index (χ0n) is 41.9. The van der Waals surface area contributed by atoms with Crippen molar-refractivity contribution in [2.75, 3.05) is 9.80 Å². The van der Waals surface area contributed by atoms with E-state index in [1.54, 1.807) is 6.20 Å². The van der Waals surface area contributed by atoms with Crippen LogP contribution in [0.25, 0.3) is 49.9 Å². The summed E-state index contributed by atoms with van der Waals surface area (Å²) in [4.78, 5) is 9.54. The Balaban J connectivity index is 0.00000560. The SMILES string of the molecule is [2H]C1([2H])CCCC([2H])([2H])C1(c1ccccc1)c1ccnc(-n2c3[c-]c(C(C)(C)c4[c-]c(N5[CH-]N(c6c(-c7ccccc7)cccc6-c6ccccc6)c6ccccc65)ccc4)ccc3c3ccccc32)c1.[Pt]. The van der Waals surface area contributed by atoms with Crippen LogP contribution in [0.4, 0.5) is 22.7 Å². The maximum absolute atomic E-state index is 9.57. The van der Waals surface area contributed by atoms with Crippen molar-refractivity contribution in [2.24, 2.45) is 0 Å². The minimum absolute atomic E-state index is 0. The molecule has 3 heterocycles. The van der Waals surface area contributed by atoms with Gasteiger partial charge in [-0.05, 0) is 76.1 Å². The molecule has 10 aromatic rings. The third-order valence-electron chi connectivity index (χ3n) is 13.8. The van der Waals surface area contributed by atoms with Crippen LogP contribution in [0.3, 0.4) is 0 Å². The van der Waals surface area contributed by atoms with Crippen LogP contribution in [-0.2, 0) is 31.9 Å². The summed E-state index contributed by atoms with van der Waals surface area (Å²) in [5, 5.41) is 2.06. The molecule has 12 rings (SSSR count). The molecular formula is C63H51N4Pt-3. The average Bonchev–Trinajstić information content (AvgIpc) is 3.95. The van der Waals surface area contributed by atoms with Gasteiger partial charge in [-0.3, -0.25) is 0 Å². The molecule has 0 spiro atoms. The van der Waals surface area contributed by atoms with Gasteiger partial charge in [0.1, 0.15) is 5.82 Å². The predicted octanol–water partition coefficient (Wildman–Crippen LogP) is 16.1. The number of rotatable bonds is 9. The Morgan fingerprint density at radius 3 is 1.87 bits per heavy atom. The molecule has 0 unspecified atom stereocenters. The fourth-order valence-corrected chi connectivity index (χ4v) is 10.3. The Bertz CT molecular complexity index is 3540. The molecule has 0 N–H and O–H groups in total. The van der Waals surface area contributed by atoms with Gasteiger partial charge >= 0.3 is 0 Å². The number of fused-ring (bicyclic) bond motifs is 4. The van der Waals surface area contributed by atoms with E-state index in [2.05, 4.69) is 193 Å². The van der Waals surface area contributed by atoms with E-state index in [1.807, 2.05) is 54.6 Å². The van der Waals surface area contributed by atoms with Gasteiger partial charge in [0, 0.05) is 71.9 Å². The van der Waals surface area contributed by atoms with Gasteiger partial charge in [0.05, 0.1) is 0 Å². The van der Waals surface area contributed by atoms with E-state index in [0.29, 0.717) is 23.4 Å². The number of hydrogen-bond donors (Lipinski definition) is 0. The topological polar surface area (TPSA) is 24.3 Å². The summed E-state index contributed by atoms with van der Waals surface area (Å²) in [7, 11) is 0. The normalized spacial score (nSPS) is 16.9. The van der Waals surface area contributed by atoms with Crippen molar-refractivity contribution < 1.29 is 26.5 Å². The molecule has 2 aliphatic rings. The first-order valence-corrected chi connectivity index (χ1v) is 23.3. The van der Waals surface area contributed by atoms with Crippen LogP contribution in [0, 0.1) is 18.8 Å². The zero-order chi connectivity index (χ0) is 48.5. The second-order valence-corrected chi connectivity index (χ2v) is 18.1. The standard InChI is InChI=1S/C63H51N4.Pt/c1-62(2,49-35-36-55-54-29-13-14-32-56(54)67(59(55)42-49)60-43-50(37-40-64-60)63(38-17-6-18-39-63)47-25-11-5-12-26-47)48-27-19-28-51(41-48)65-44-66(58-34-16-15-33-57(58)65)61-52(45-21-7-3-8-22-45)30-20-31-53(61)46-23-9-4-10-24-46;/h3-5,7-16,19-37,40,43-44H,6,17-18,38-39H2,1-2H3;/q-3;/i38D2,39D2;. The summed E-state index contributed by atoms with van der Waals surface area (Å²) in [6.45, 7) is 6.64. The third kappa shape index (κ3) is 7.38. The number of para-hydroxylation sites is 4. The molecule has 1 saturated carbocycles. The van der Waals surface area contributed by atoms with Gasteiger partial charge in [-0.15, -0.1) is 17.7 Å². The van der Waals surface area contributed by atoms with E-state index in [0.717, 1.165) is 77.9 Å². The number of nitrogens with zero attached hydrogens (tertiary/aromatic N) is 4. The Hall–Kier alpha value is -7.00. The van der Waals surface area contributed by atoms with Crippen molar-refractivity contribution in [2.45, 2.75) is 56.7 Å². The molecule has 1 aliphatic heterocycles. The van der Waals surface area contributed by atoms with Crippen LogP contribution in [0.1, 0.15) is 73.6 Å². The summed E-state index contributed by atoms with van der Waals surface area (Å²) in [6, 6.07) is 76.2. The van der Waals surface area contributed by atoms with Gasteiger partial charge in [-0.25, -0.2) is 4.98 Å². The van der Waals surface area contributed by atoms with Crippen LogP contribution < -0.4 is 9.80 Å². The molecule has 8 aromatic carbocycles. The van der Waals surface area contributed by atoms with Gasteiger partial charge in [0.15, 0.2) is 0 Å². The summed E-state index contributed by atoms with van der Waals surface area (Å²) in [5.74, 6) is 0.581. The maximum Gasteiger partial charge on any atom is 0.135 e. The van der Waals surface area contributed by atoms with Crippen LogP contribution in [0.15, 0.2) is 206 Å². The zero-order valence-corrected chi connectivity index (χ0v) is 40.2. The predicted molar refractivity (Wildman–Crippen MR) is 277 cm³/mol. The average molecular weight is 1060 g/mol. The number of hydrogen-bond acceptors (Lipinski definition) is 3. The largest absolute Gasteiger partial charge is 0.493 e. The first-order valence-electron chi connectivity index (χ1n) is 25.3. The van der Waals surface area contributed by atoms with Crippen molar-refractivity contribution >= 4 is 44.6 Å². The molecule has 0 bridgehead atoms. The van der Waals surface area contributed by atoms with Crippen LogP contribution in [-0.4, -0.2) is 9.55 Å². The van der Waals surface area contributed by atoms with Crippen molar-refractivity contribution in [3.05, 3.63) is 247 Å². The smallest absolute Gasteiger partial charge is 0.135 e. The molecule has 5 heteroatoms. The minimum Gasteiger partial charge on any atom is -0.493 e. The molecule has 336 valence electrons. The van der Waals surface area contributed by atoms with Gasteiger partial charge in [0.2, 0.25) is 0 Å². The molecule has 1 aliphatic carbocycles. The molecule has 2 aromatic heterocycles. The molecule has 4 nitrogen and oxygen atoms in total. The van der Waals surface area contributed by atoms with E-state index in [9.17, 15) is 5.48 Å². The van der Waals surface area contributed by atoms with E-state index >= 15 is 0 Å². The second kappa shape index (κ2) is 17.9. The van der Waals surface area contributed by atoms with E-state index in [-0.39, 0.29) is 33.9 Å². The van der Waals surface area contributed by atoms with Crippen molar-refractivity contribution in [3.63, 3.8) is 0 Å². The Morgan fingerprint density at radius 1 is 0.559 bits per heavy atom. The first kappa shape index (κ1) is 39.0. The van der Waals surface area contributed by atoms with Gasteiger partial charge in [-0.1, -0.05) is 178 Å². The molecular weight excluding hydrogens is 1010 g/mol.